The van der Waals surface area contributed by atoms with Gasteiger partial charge in [0, 0.05) is 18.8 Å². The Balaban J connectivity index is 2.17. The molecule has 0 aromatic carbocycles. The van der Waals surface area contributed by atoms with Crippen molar-refractivity contribution in [1.29, 1.82) is 0 Å². The van der Waals surface area contributed by atoms with Crippen molar-refractivity contribution in [1.82, 2.24) is 20.1 Å². The summed E-state index contributed by atoms with van der Waals surface area (Å²) in [7, 11) is 0. The molecule has 1 amide bonds. The maximum atomic E-state index is 12.3. The van der Waals surface area contributed by atoms with Crippen LogP contribution in [0.4, 0.5) is 4.79 Å². The lowest BCUT2D eigenvalue weighted by Crippen LogP contribution is -2.34. The largest absolute Gasteiger partial charge is 0.461 e. The highest BCUT2D eigenvalue weighted by atomic mass is 16.6. The van der Waals surface area contributed by atoms with E-state index in [9.17, 15) is 9.59 Å². The van der Waals surface area contributed by atoms with Gasteiger partial charge in [0.15, 0.2) is 0 Å². The van der Waals surface area contributed by atoms with Crippen molar-refractivity contribution in [2.75, 3.05) is 13.2 Å². The van der Waals surface area contributed by atoms with Crippen LogP contribution in [0.2, 0.25) is 0 Å². The third-order valence-corrected chi connectivity index (χ3v) is 3.51. The number of hydrogen-bond acceptors (Lipinski definition) is 6. The monoisotopic (exact) mass is 374 g/mol. The van der Waals surface area contributed by atoms with Crippen LogP contribution in [0.15, 0.2) is 24.4 Å². The minimum atomic E-state index is -0.574. The van der Waals surface area contributed by atoms with Crippen LogP contribution in [0, 0.1) is 6.92 Å². The molecule has 0 fully saturated rings. The first kappa shape index (κ1) is 20.4. The zero-order valence-corrected chi connectivity index (χ0v) is 16.4. The summed E-state index contributed by atoms with van der Waals surface area (Å²) in [5, 5.41) is 7.13. The Morgan fingerprint density at radius 1 is 1.30 bits per heavy atom. The standard InChI is InChI=1S/C19H26N4O4/c1-6-26-17(24)15-12-14(16-13(2)8-7-9-20-16)22-23(15)11-10-21-18(25)27-19(3,4)5/h7-9,12H,6,10-11H2,1-5H3,(H,21,25). The van der Waals surface area contributed by atoms with Gasteiger partial charge in [0.1, 0.15) is 17.0 Å². The van der Waals surface area contributed by atoms with Crippen molar-refractivity contribution in [3.63, 3.8) is 0 Å². The molecule has 0 spiro atoms. The fourth-order valence-corrected chi connectivity index (χ4v) is 2.40. The van der Waals surface area contributed by atoms with E-state index in [0.717, 1.165) is 5.56 Å². The number of esters is 1. The van der Waals surface area contributed by atoms with Gasteiger partial charge in [0.2, 0.25) is 0 Å². The van der Waals surface area contributed by atoms with Crippen molar-refractivity contribution in [3.05, 3.63) is 35.7 Å². The van der Waals surface area contributed by atoms with Crippen LogP contribution in [0.5, 0.6) is 0 Å². The maximum Gasteiger partial charge on any atom is 0.407 e. The van der Waals surface area contributed by atoms with E-state index in [2.05, 4.69) is 15.4 Å². The summed E-state index contributed by atoms with van der Waals surface area (Å²) in [6.45, 7) is 9.85. The number of nitrogens with one attached hydrogen (secondary N) is 1. The number of aryl methyl sites for hydroxylation is 1. The number of pyridine rings is 1. The average Bonchev–Trinajstić information content (AvgIpc) is 2.98. The number of aromatic nitrogens is 3. The number of carbonyl (C=O) groups excluding carboxylic acids is 2. The number of hydrogen-bond donors (Lipinski definition) is 1. The molecule has 0 saturated heterocycles. The molecular weight excluding hydrogens is 348 g/mol. The molecule has 2 heterocycles. The van der Waals surface area contributed by atoms with Crippen LogP contribution in [0.1, 0.15) is 43.7 Å². The Morgan fingerprint density at radius 2 is 2.04 bits per heavy atom. The highest BCUT2D eigenvalue weighted by Gasteiger charge is 2.20. The van der Waals surface area contributed by atoms with Crippen LogP contribution in [0.3, 0.4) is 0 Å². The molecule has 0 aliphatic rings. The van der Waals surface area contributed by atoms with E-state index in [0.29, 0.717) is 23.6 Å². The zero-order chi connectivity index (χ0) is 20.0. The van der Waals surface area contributed by atoms with E-state index in [1.165, 1.54) is 4.68 Å². The average molecular weight is 374 g/mol. The molecule has 0 saturated carbocycles. The van der Waals surface area contributed by atoms with Crippen molar-refractivity contribution in [2.45, 2.75) is 46.8 Å². The van der Waals surface area contributed by atoms with Gasteiger partial charge >= 0.3 is 12.1 Å². The number of rotatable bonds is 6. The molecule has 0 aliphatic carbocycles. The van der Waals surface area contributed by atoms with E-state index < -0.39 is 17.7 Å². The first-order valence-corrected chi connectivity index (χ1v) is 8.85. The van der Waals surface area contributed by atoms with Crippen LogP contribution >= 0.6 is 0 Å². The number of ether oxygens (including phenoxy) is 2. The van der Waals surface area contributed by atoms with Crippen LogP contribution in [-0.4, -0.2) is 45.6 Å². The highest BCUT2D eigenvalue weighted by Crippen LogP contribution is 2.21. The first-order chi connectivity index (χ1) is 12.7. The van der Waals surface area contributed by atoms with Crippen molar-refractivity contribution < 1.29 is 19.1 Å². The van der Waals surface area contributed by atoms with Crippen LogP contribution in [0.25, 0.3) is 11.4 Å². The van der Waals surface area contributed by atoms with Crippen molar-refractivity contribution in [2.24, 2.45) is 0 Å². The van der Waals surface area contributed by atoms with Gasteiger partial charge in [0.05, 0.1) is 18.8 Å². The lowest BCUT2D eigenvalue weighted by Gasteiger charge is -2.19. The minimum Gasteiger partial charge on any atom is -0.461 e. The second-order valence-electron chi connectivity index (χ2n) is 6.96. The molecule has 8 nitrogen and oxygen atoms in total. The molecule has 2 aromatic rings. The molecule has 27 heavy (non-hydrogen) atoms. The van der Waals surface area contributed by atoms with Gasteiger partial charge in [-0.1, -0.05) is 6.07 Å². The van der Waals surface area contributed by atoms with Crippen molar-refractivity contribution in [3.8, 4) is 11.4 Å². The molecule has 1 N–H and O–H groups in total. The van der Waals surface area contributed by atoms with E-state index in [1.807, 2.05) is 19.1 Å². The van der Waals surface area contributed by atoms with E-state index in [1.54, 1.807) is 40.0 Å². The Labute approximate surface area is 158 Å². The SMILES string of the molecule is CCOC(=O)c1cc(-c2ncccc2C)nn1CCNC(=O)OC(C)(C)C. The van der Waals surface area contributed by atoms with E-state index >= 15 is 0 Å². The Kier molecular flexibility index (Phi) is 6.55. The van der Waals surface area contributed by atoms with E-state index in [4.69, 9.17) is 9.47 Å². The second-order valence-corrected chi connectivity index (χ2v) is 6.96. The minimum absolute atomic E-state index is 0.254. The van der Waals surface area contributed by atoms with Crippen LogP contribution < -0.4 is 5.32 Å². The predicted octanol–water partition coefficient (Wildman–Crippen LogP) is 2.95. The number of carbonyl (C=O) groups is 2. The summed E-state index contributed by atoms with van der Waals surface area (Å²) >= 11 is 0. The summed E-state index contributed by atoms with van der Waals surface area (Å²) in [5.41, 5.74) is 1.96. The molecule has 0 unspecified atom stereocenters. The second kappa shape index (κ2) is 8.66. The molecule has 2 aromatic heterocycles. The molecule has 146 valence electrons. The summed E-state index contributed by atoms with van der Waals surface area (Å²) in [4.78, 5) is 28.4. The predicted molar refractivity (Wildman–Crippen MR) is 100 cm³/mol. The summed E-state index contributed by atoms with van der Waals surface area (Å²) in [6.07, 6.45) is 1.16. The molecule has 8 heteroatoms. The van der Waals surface area contributed by atoms with Gasteiger partial charge in [-0.15, -0.1) is 0 Å². The molecule has 0 bridgehead atoms. The lowest BCUT2D eigenvalue weighted by atomic mass is 10.1. The third-order valence-electron chi connectivity index (χ3n) is 3.51. The number of alkyl carbamates (subject to hydrolysis) is 1. The topological polar surface area (TPSA) is 95.3 Å². The van der Waals surface area contributed by atoms with Gasteiger partial charge in [-0.3, -0.25) is 9.67 Å². The molecule has 0 atom stereocenters. The fourth-order valence-electron chi connectivity index (χ4n) is 2.40. The maximum absolute atomic E-state index is 12.3. The molecule has 0 radical (unpaired) electrons. The number of amides is 1. The Bertz CT molecular complexity index is 808. The summed E-state index contributed by atoms with van der Waals surface area (Å²) < 4.78 is 11.8. The number of nitrogens with zero attached hydrogens (tertiary/aromatic N) is 3. The van der Waals surface area contributed by atoms with Crippen LogP contribution in [-0.2, 0) is 16.0 Å². The van der Waals surface area contributed by atoms with Gasteiger partial charge in [-0.2, -0.15) is 5.10 Å². The molecule has 0 aliphatic heterocycles. The van der Waals surface area contributed by atoms with Gasteiger partial charge in [-0.05, 0) is 46.2 Å². The summed E-state index contributed by atoms with van der Waals surface area (Å²) in [6, 6.07) is 5.42. The highest BCUT2D eigenvalue weighted by molar-refractivity contribution is 5.89. The Morgan fingerprint density at radius 3 is 2.67 bits per heavy atom. The third kappa shape index (κ3) is 5.80. The molecular formula is C19H26N4O4. The zero-order valence-electron chi connectivity index (χ0n) is 16.4. The molecule has 2 rings (SSSR count). The first-order valence-electron chi connectivity index (χ1n) is 8.85. The fraction of sp³-hybridized carbons (Fsp3) is 0.474. The quantitative estimate of drug-likeness (QED) is 0.781. The van der Waals surface area contributed by atoms with E-state index in [-0.39, 0.29) is 13.2 Å². The van der Waals surface area contributed by atoms with Gasteiger partial charge in [0.25, 0.3) is 0 Å². The normalized spacial score (nSPS) is 11.1. The Hall–Kier alpha value is -2.90. The van der Waals surface area contributed by atoms with Gasteiger partial charge in [-0.25, -0.2) is 9.59 Å². The smallest absolute Gasteiger partial charge is 0.407 e. The van der Waals surface area contributed by atoms with Gasteiger partial charge < -0.3 is 14.8 Å². The lowest BCUT2D eigenvalue weighted by molar-refractivity contribution is 0.0512. The van der Waals surface area contributed by atoms with Crippen molar-refractivity contribution >= 4 is 12.1 Å². The summed E-state index contributed by atoms with van der Waals surface area (Å²) in [5.74, 6) is -0.470.